The summed E-state index contributed by atoms with van der Waals surface area (Å²) in [5.41, 5.74) is 0.262. The highest BCUT2D eigenvalue weighted by molar-refractivity contribution is 5.96. The van der Waals surface area contributed by atoms with Crippen LogP contribution < -0.4 is 21.3 Å². The van der Waals surface area contributed by atoms with Gasteiger partial charge in [0.05, 0.1) is 17.6 Å². The topological polar surface area (TPSA) is 119 Å². The number of aryl methyl sites for hydroxylation is 1. The molecule has 32 heavy (non-hydrogen) atoms. The number of hydrogen-bond acceptors (Lipinski definition) is 6. The lowest BCUT2D eigenvalue weighted by Gasteiger charge is -2.10. The molecule has 0 aliphatic carbocycles. The average Bonchev–Trinajstić information content (AvgIpc) is 2.81. The van der Waals surface area contributed by atoms with E-state index in [1.165, 1.54) is 16.8 Å². The molecular weight excluding hydrogens is 410 g/mol. The van der Waals surface area contributed by atoms with Gasteiger partial charge in [0.25, 0.3) is 11.5 Å². The summed E-state index contributed by atoms with van der Waals surface area (Å²) in [6.45, 7) is 3.15. The van der Waals surface area contributed by atoms with Crippen molar-refractivity contribution in [1.82, 2.24) is 24.8 Å². The highest BCUT2D eigenvalue weighted by Crippen LogP contribution is 2.22. The number of carbonyl (C=O) groups excluding carboxylic acids is 1. The fraction of sp³-hybridized carbons (Fsp3) is 0.261. The standard InChI is InChI=1S/C23H23N5O4/c1-2-11-28-20-17(22(30)27-23(28)31)13-16(14-26-20)21(29)25-10-5-12-32-18-8-3-6-15-7-4-9-24-19(15)18/h3-4,6-9,13-14H,2,5,10-12H2,1H3,(H,25,29)(H,27,30,31). The zero-order valence-corrected chi connectivity index (χ0v) is 17.6. The number of nitrogens with one attached hydrogen (secondary N) is 2. The Morgan fingerprint density at radius 1 is 1.19 bits per heavy atom. The van der Waals surface area contributed by atoms with Gasteiger partial charge in [-0.15, -0.1) is 0 Å². The molecule has 0 spiro atoms. The van der Waals surface area contributed by atoms with E-state index in [2.05, 4.69) is 20.3 Å². The minimum absolute atomic E-state index is 0.206. The van der Waals surface area contributed by atoms with E-state index in [1.807, 2.05) is 37.3 Å². The molecule has 0 saturated heterocycles. The number of fused-ring (bicyclic) bond motifs is 2. The third-order valence-electron chi connectivity index (χ3n) is 5.00. The van der Waals surface area contributed by atoms with Crippen molar-refractivity contribution in [3.05, 3.63) is 75.2 Å². The number of H-pyrrole nitrogens is 1. The van der Waals surface area contributed by atoms with Crippen LogP contribution in [0.4, 0.5) is 0 Å². The van der Waals surface area contributed by atoms with Crippen molar-refractivity contribution in [2.75, 3.05) is 13.2 Å². The van der Waals surface area contributed by atoms with Crippen molar-refractivity contribution in [3.63, 3.8) is 0 Å². The Balaban J connectivity index is 1.38. The van der Waals surface area contributed by atoms with Crippen LogP contribution in [0.25, 0.3) is 21.9 Å². The smallest absolute Gasteiger partial charge is 0.329 e. The Morgan fingerprint density at radius 2 is 2.03 bits per heavy atom. The first-order valence-electron chi connectivity index (χ1n) is 10.5. The molecule has 0 bridgehead atoms. The molecule has 9 heteroatoms. The van der Waals surface area contributed by atoms with E-state index in [9.17, 15) is 14.4 Å². The lowest BCUT2D eigenvalue weighted by atomic mass is 10.2. The SMILES string of the molecule is CCCn1c(=O)[nH]c(=O)c2cc(C(=O)NCCCOc3cccc4cccnc34)cnc21. The van der Waals surface area contributed by atoms with Crippen LogP contribution in [0.1, 0.15) is 30.1 Å². The van der Waals surface area contributed by atoms with E-state index in [4.69, 9.17) is 4.74 Å². The molecule has 1 amide bonds. The molecule has 0 atom stereocenters. The summed E-state index contributed by atoms with van der Waals surface area (Å²) in [6.07, 6.45) is 4.40. The molecule has 0 aliphatic rings. The maximum absolute atomic E-state index is 12.5. The van der Waals surface area contributed by atoms with Crippen molar-refractivity contribution in [2.24, 2.45) is 0 Å². The quantitative estimate of drug-likeness (QED) is 0.411. The summed E-state index contributed by atoms with van der Waals surface area (Å²) < 4.78 is 7.22. The van der Waals surface area contributed by atoms with Gasteiger partial charge in [0.2, 0.25) is 0 Å². The number of aromatic amines is 1. The number of carbonyl (C=O) groups is 1. The van der Waals surface area contributed by atoms with Gasteiger partial charge in [0, 0.05) is 30.9 Å². The van der Waals surface area contributed by atoms with E-state index in [0.717, 1.165) is 10.9 Å². The Kier molecular flexibility index (Phi) is 6.25. The number of nitrogens with zero attached hydrogens (tertiary/aromatic N) is 3. The van der Waals surface area contributed by atoms with Crippen LogP contribution >= 0.6 is 0 Å². The van der Waals surface area contributed by atoms with E-state index < -0.39 is 11.2 Å². The van der Waals surface area contributed by atoms with E-state index in [1.54, 1.807) is 6.20 Å². The van der Waals surface area contributed by atoms with Crippen LogP contribution in [0, 0.1) is 0 Å². The third kappa shape index (κ3) is 4.36. The minimum atomic E-state index is -0.559. The first kappa shape index (κ1) is 21.2. The molecule has 0 fully saturated rings. The fourth-order valence-electron chi connectivity index (χ4n) is 3.47. The predicted octanol–water partition coefficient (Wildman–Crippen LogP) is 2.24. The van der Waals surface area contributed by atoms with E-state index >= 15 is 0 Å². The maximum atomic E-state index is 12.5. The molecule has 3 aromatic heterocycles. The zero-order valence-electron chi connectivity index (χ0n) is 17.6. The minimum Gasteiger partial charge on any atom is -0.491 e. The highest BCUT2D eigenvalue weighted by Gasteiger charge is 2.13. The molecule has 0 radical (unpaired) electrons. The molecule has 3 heterocycles. The molecule has 0 saturated carbocycles. The van der Waals surface area contributed by atoms with Crippen LogP contribution in [-0.4, -0.2) is 38.6 Å². The van der Waals surface area contributed by atoms with Crippen molar-refractivity contribution >= 4 is 27.8 Å². The second-order valence-electron chi connectivity index (χ2n) is 7.30. The van der Waals surface area contributed by atoms with Crippen molar-refractivity contribution in [3.8, 4) is 5.75 Å². The second kappa shape index (κ2) is 9.42. The lowest BCUT2D eigenvalue weighted by molar-refractivity contribution is 0.0951. The summed E-state index contributed by atoms with van der Waals surface area (Å²) in [4.78, 5) is 47.5. The van der Waals surface area contributed by atoms with Crippen molar-refractivity contribution in [1.29, 1.82) is 0 Å². The van der Waals surface area contributed by atoms with Gasteiger partial charge in [0.1, 0.15) is 16.9 Å². The normalized spacial score (nSPS) is 11.0. The van der Waals surface area contributed by atoms with Gasteiger partial charge in [-0.05, 0) is 31.0 Å². The summed E-state index contributed by atoms with van der Waals surface area (Å²) >= 11 is 0. The molecule has 0 unspecified atom stereocenters. The average molecular weight is 433 g/mol. The summed E-state index contributed by atoms with van der Waals surface area (Å²) in [5, 5.41) is 4.01. The predicted molar refractivity (Wildman–Crippen MR) is 121 cm³/mol. The first-order chi connectivity index (χ1) is 15.6. The van der Waals surface area contributed by atoms with E-state index in [-0.39, 0.29) is 22.5 Å². The fourth-order valence-corrected chi connectivity index (χ4v) is 3.47. The monoisotopic (exact) mass is 433 g/mol. The van der Waals surface area contributed by atoms with E-state index in [0.29, 0.717) is 38.3 Å². The summed E-state index contributed by atoms with van der Waals surface area (Å²) in [5.74, 6) is 0.351. The zero-order chi connectivity index (χ0) is 22.5. The largest absolute Gasteiger partial charge is 0.491 e. The van der Waals surface area contributed by atoms with Gasteiger partial charge >= 0.3 is 5.69 Å². The number of hydrogen-bond donors (Lipinski definition) is 2. The lowest BCUT2D eigenvalue weighted by Crippen LogP contribution is -2.31. The van der Waals surface area contributed by atoms with Crippen LogP contribution in [0.5, 0.6) is 5.75 Å². The summed E-state index contributed by atoms with van der Waals surface area (Å²) in [7, 11) is 0. The molecule has 4 rings (SSSR count). The number of aromatic nitrogens is 4. The van der Waals surface area contributed by atoms with Gasteiger partial charge in [-0.3, -0.25) is 24.1 Å². The maximum Gasteiger partial charge on any atom is 0.329 e. The van der Waals surface area contributed by atoms with Crippen LogP contribution in [0.2, 0.25) is 0 Å². The molecule has 9 nitrogen and oxygen atoms in total. The van der Waals surface area contributed by atoms with Crippen molar-refractivity contribution in [2.45, 2.75) is 26.3 Å². The first-order valence-corrected chi connectivity index (χ1v) is 10.5. The third-order valence-corrected chi connectivity index (χ3v) is 5.00. The Morgan fingerprint density at radius 3 is 2.88 bits per heavy atom. The number of ether oxygens (including phenoxy) is 1. The Labute approximate surface area is 183 Å². The molecule has 4 aromatic rings. The van der Waals surface area contributed by atoms with Crippen LogP contribution in [-0.2, 0) is 6.54 Å². The number of benzene rings is 1. The van der Waals surface area contributed by atoms with Gasteiger partial charge in [0.15, 0.2) is 0 Å². The molecule has 2 N–H and O–H groups in total. The van der Waals surface area contributed by atoms with Gasteiger partial charge < -0.3 is 10.1 Å². The van der Waals surface area contributed by atoms with Crippen LogP contribution in [0.15, 0.2) is 58.4 Å². The number of pyridine rings is 2. The number of amides is 1. The summed E-state index contributed by atoms with van der Waals surface area (Å²) in [6, 6.07) is 11.1. The molecule has 164 valence electrons. The van der Waals surface area contributed by atoms with Gasteiger partial charge in [-0.1, -0.05) is 25.1 Å². The second-order valence-corrected chi connectivity index (χ2v) is 7.30. The van der Waals surface area contributed by atoms with Crippen LogP contribution in [0.3, 0.4) is 0 Å². The number of para-hydroxylation sites is 1. The highest BCUT2D eigenvalue weighted by atomic mass is 16.5. The molecular formula is C23H23N5O4. The Bertz CT molecular complexity index is 1390. The Hall–Kier alpha value is -4.01. The van der Waals surface area contributed by atoms with Crippen molar-refractivity contribution < 1.29 is 9.53 Å². The van der Waals surface area contributed by atoms with Gasteiger partial charge in [-0.2, -0.15) is 0 Å². The molecule has 1 aromatic carbocycles. The molecule has 0 aliphatic heterocycles. The van der Waals surface area contributed by atoms with Gasteiger partial charge in [-0.25, -0.2) is 9.78 Å². The number of rotatable bonds is 8.